The highest BCUT2D eigenvalue weighted by molar-refractivity contribution is 6.32. The van der Waals surface area contributed by atoms with E-state index in [4.69, 9.17) is 16.3 Å². The molecular weight excluding hydrogens is 378 g/mol. The monoisotopic (exact) mass is 397 g/mol. The average molecular weight is 398 g/mol. The summed E-state index contributed by atoms with van der Waals surface area (Å²) in [5, 5.41) is 19.4. The Bertz CT molecular complexity index is 930. The number of hydrogen-bond acceptors (Lipinski definition) is 5. The van der Waals surface area contributed by atoms with Crippen molar-refractivity contribution in [3.05, 3.63) is 58.6 Å². The molecule has 0 bridgehead atoms. The number of aromatic hydroxyl groups is 1. The third-order valence-electron chi connectivity index (χ3n) is 4.62. The van der Waals surface area contributed by atoms with E-state index in [1.54, 1.807) is 4.90 Å². The zero-order valence-electron chi connectivity index (χ0n) is 15.4. The van der Waals surface area contributed by atoms with E-state index in [0.29, 0.717) is 31.7 Å². The number of anilines is 1. The minimum Gasteiger partial charge on any atom is -0.503 e. The Balaban J connectivity index is 1.73. The zero-order chi connectivity index (χ0) is 20.1. The van der Waals surface area contributed by atoms with Gasteiger partial charge in [-0.3, -0.25) is 4.79 Å². The van der Waals surface area contributed by atoms with Gasteiger partial charge in [0.2, 0.25) is 0 Å². The molecule has 3 rings (SSSR count). The van der Waals surface area contributed by atoms with Crippen LogP contribution in [-0.2, 0) is 4.79 Å². The van der Waals surface area contributed by atoms with E-state index in [9.17, 15) is 15.2 Å². The highest BCUT2D eigenvalue weighted by Crippen LogP contribution is 2.35. The van der Waals surface area contributed by atoms with Crippen molar-refractivity contribution >= 4 is 29.3 Å². The first-order valence-electron chi connectivity index (χ1n) is 8.81. The number of hydrogen-bond donors (Lipinski definition) is 1. The van der Waals surface area contributed by atoms with Crippen LogP contribution in [0.5, 0.6) is 11.5 Å². The zero-order valence-corrected chi connectivity index (χ0v) is 16.2. The first-order valence-corrected chi connectivity index (χ1v) is 9.19. The molecule has 0 unspecified atom stereocenters. The molecule has 1 aliphatic heterocycles. The fourth-order valence-corrected chi connectivity index (χ4v) is 3.34. The Hall–Kier alpha value is -3.17. The van der Waals surface area contributed by atoms with Crippen LogP contribution in [0, 0.1) is 11.3 Å². The fraction of sp³-hybridized carbons (Fsp3) is 0.238. The smallest absolute Gasteiger partial charge is 0.264 e. The summed E-state index contributed by atoms with van der Waals surface area (Å²) in [7, 11) is 1.40. The van der Waals surface area contributed by atoms with Gasteiger partial charge in [-0.05, 0) is 35.9 Å². The summed E-state index contributed by atoms with van der Waals surface area (Å²) in [6, 6.07) is 15.0. The Morgan fingerprint density at radius 1 is 1.21 bits per heavy atom. The number of benzene rings is 2. The lowest BCUT2D eigenvalue weighted by molar-refractivity contribution is -0.126. The van der Waals surface area contributed by atoms with Gasteiger partial charge in [-0.25, -0.2) is 0 Å². The van der Waals surface area contributed by atoms with Gasteiger partial charge in [-0.15, -0.1) is 0 Å². The van der Waals surface area contributed by atoms with Gasteiger partial charge in [0.1, 0.15) is 11.6 Å². The molecule has 0 spiro atoms. The fourth-order valence-electron chi connectivity index (χ4n) is 3.12. The minimum atomic E-state index is -0.321. The van der Waals surface area contributed by atoms with Crippen molar-refractivity contribution in [3.8, 4) is 17.6 Å². The number of amides is 1. The SMILES string of the molecule is COc1cc(C=C(C#N)C(=O)N2CCN(c3ccccc3)CC2)cc(Cl)c1O. The number of rotatable bonds is 4. The molecule has 28 heavy (non-hydrogen) atoms. The molecule has 7 heteroatoms. The van der Waals surface area contributed by atoms with E-state index < -0.39 is 0 Å². The molecule has 2 aromatic rings. The maximum Gasteiger partial charge on any atom is 0.264 e. The highest BCUT2D eigenvalue weighted by atomic mass is 35.5. The number of carbonyl (C=O) groups is 1. The topological polar surface area (TPSA) is 76.8 Å². The normalized spacial score (nSPS) is 14.5. The second kappa shape index (κ2) is 8.68. The molecule has 1 fully saturated rings. The van der Waals surface area contributed by atoms with Crippen molar-refractivity contribution in [1.82, 2.24) is 4.90 Å². The molecule has 0 radical (unpaired) electrons. The Labute approximate surface area is 168 Å². The number of methoxy groups -OCH3 is 1. The maximum absolute atomic E-state index is 12.8. The number of ether oxygens (including phenoxy) is 1. The summed E-state index contributed by atoms with van der Waals surface area (Å²) in [6.45, 7) is 2.47. The second-order valence-corrected chi connectivity index (χ2v) is 6.75. The molecule has 1 amide bonds. The van der Waals surface area contributed by atoms with Gasteiger partial charge in [0.25, 0.3) is 5.91 Å². The van der Waals surface area contributed by atoms with Gasteiger partial charge in [0, 0.05) is 31.9 Å². The third kappa shape index (κ3) is 4.21. The number of nitriles is 1. The number of carbonyl (C=O) groups excluding carboxylic acids is 1. The first-order chi connectivity index (χ1) is 13.5. The van der Waals surface area contributed by atoms with E-state index in [-0.39, 0.29) is 28.0 Å². The van der Waals surface area contributed by atoms with Crippen LogP contribution in [0.25, 0.3) is 6.08 Å². The van der Waals surface area contributed by atoms with E-state index in [1.165, 1.54) is 25.3 Å². The van der Waals surface area contributed by atoms with Gasteiger partial charge in [0.15, 0.2) is 11.5 Å². The molecule has 0 saturated carbocycles. The molecule has 1 aliphatic rings. The van der Waals surface area contributed by atoms with Crippen LogP contribution in [0.2, 0.25) is 5.02 Å². The molecule has 1 N–H and O–H groups in total. The third-order valence-corrected chi connectivity index (χ3v) is 4.91. The van der Waals surface area contributed by atoms with Crippen LogP contribution in [0.15, 0.2) is 48.0 Å². The second-order valence-electron chi connectivity index (χ2n) is 6.34. The summed E-state index contributed by atoms with van der Waals surface area (Å²) < 4.78 is 5.06. The number of nitrogens with zero attached hydrogens (tertiary/aromatic N) is 3. The Morgan fingerprint density at radius 2 is 1.89 bits per heavy atom. The van der Waals surface area contributed by atoms with Crippen molar-refractivity contribution in [2.24, 2.45) is 0 Å². The van der Waals surface area contributed by atoms with Crippen molar-refractivity contribution in [1.29, 1.82) is 5.26 Å². The minimum absolute atomic E-state index is 0.0111. The molecule has 2 aromatic carbocycles. The number of phenolic OH excluding ortho intramolecular Hbond substituents is 1. The average Bonchev–Trinajstić information content (AvgIpc) is 2.74. The molecule has 0 atom stereocenters. The van der Waals surface area contributed by atoms with Crippen LogP contribution in [-0.4, -0.2) is 49.2 Å². The van der Waals surface area contributed by atoms with E-state index >= 15 is 0 Å². The number of halogens is 1. The summed E-state index contributed by atoms with van der Waals surface area (Å²) in [5.41, 5.74) is 1.64. The Kier molecular flexibility index (Phi) is 6.07. The largest absolute Gasteiger partial charge is 0.503 e. The van der Waals surface area contributed by atoms with Gasteiger partial charge in [-0.2, -0.15) is 5.26 Å². The summed E-state index contributed by atoms with van der Waals surface area (Å²) in [6.07, 6.45) is 1.46. The van der Waals surface area contributed by atoms with E-state index in [2.05, 4.69) is 4.90 Å². The molecular formula is C21H20ClN3O3. The summed E-state index contributed by atoms with van der Waals surface area (Å²) in [4.78, 5) is 16.7. The standard InChI is InChI=1S/C21H20ClN3O3/c1-28-19-13-15(12-18(22)20(19)26)11-16(14-23)21(27)25-9-7-24(8-10-25)17-5-3-2-4-6-17/h2-6,11-13,26H,7-10H2,1H3. The van der Waals surface area contributed by atoms with Gasteiger partial charge >= 0.3 is 0 Å². The van der Waals surface area contributed by atoms with Crippen LogP contribution in [0.3, 0.4) is 0 Å². The number of piperazine rings is 1. The predicted molar refractivity (Wildman–Crippen MR) is 108 cm³/mol. The van der Waals surface area contributed by atoms with Gasteiger partial charge in [0.05, 0.1) is 12.1 Å². The lowest BCUT2D eigenvalue weighted by atomic mass is 10.1. The predicted octanol–water partition coefficient (Wildman–Crippen LogP) is 3.31. The van der Waals surface area contributed by atoms with Gasteiger partial charge in [-0.1, -0.05) is 29.8 Å². The molecule has 1 heterocycles. The lowest BCUT2D eigenvalue weighted by Crippen LogP contribution is -2.49. The maximum atomic E-state index is 12.8. The van der Waals surface area contributed by atoms with Crippen molar-refractivity contribution in [2.75, 3.05) is 38.2 Å². The van der Waals surface area contributed by atoms with Crippen LogP contribution in [0.1, 0.15) is 5.56 Å². The van der Waals surface area contributed by atoms with Crippen molar-refractivity contribution in [3.63, 3.8) is 0 Å². The van der Waals surface area contributed by atoms with Crippen molar-refractivity contribution in [2.45, 2.75) is 0 Å². The summed E-state index contributed by atoms with van der Waals surface area (Å²) >= 11 is 5.98. The number of phenols is 1. The van der Waals surface area contributed by atoms with Gasteiger partial charge < -0.3 is 19.6 Å². The summed E-state index contributed by atoms with van der Waals surface area (Å²) in [5.74, 6) is -0.318. The quantitative estimate of drug-likeness (QED) is 0.632. The molecule has 0 aliphatic carbocycles. The molecule has 144 valence electrons. The van der Waals surface area contributed by atoms with Crippen LogP contribution < -0.4 is 9.64 Å². The van der Waals surface area contributed by atoms with E-state index in [1.807, 2.05) is 36.4 Å². The van der Waals surface area contributed by atoms with Crippen LogP contribution in [0.4, 0.5) is 5.69 Å². The van der Waals surface area contributed by atoms with E-state index in [0.717, 1.165) is 5.69 Å². The lowest BCUT2D eigenvalue weighted by Gasteiger charge is -2.36. The van der Waals surface area contributed by atoms with Crippen LogP contribution >= 0.6 is 11.6 Å². The highest BCUT2D eigenvalue weighted by Gasteiger charge is 2.24. The molecule has 6 nitrogen and oxygen atoms in total. The van der Waals surface area contributed by atoms with Crippen molar-refractivity contribution < 1.29 is 14.6 Å². The first kappa shape index (κ1) is 19.6. The molecule has 0 aromatic heterocycles. The Morgan fingerprint density at radius 3 is 2.50 bits per heavy atom. The number of para-hydroxylation sites is 1. The molecule has 1 saturated heterocycles.